The van der Waals surface area contributed by atoms with E-state index in [-0.39, 0.29) is 18.5 Å². The van der Waals surface area contributed by atoms with Crippen LogP contribution < -0.4 is 5.01 Å². The standard InChI is InChI=1S/C8H14N4O.ClH/c1-8-7-11(4-2-6-13-8)12-5-3-9-10-12;/h3,5,8H,2,4,6-7H2,1H3;1H. The van der Waals surface area contributed by atoms with Gasteiger partial charge >= 0.3 is 0 Å². The number of hydrogen-bond acceptors (Lipinski definition) is 4. The van der Waals surface area contributed by atoms with E-state index in [1.807, 2.05) is 6.20 Å². The van der Waals surface area contributed by atoms with Gasteiger partial charge in [-0.1, -0.05) is 0 Å². The number of aromatic nitrogens is 3. The highest BCUT2D eigenvalue weighted by molar-refractivity contribution is 5.85. The summed E-state index contributed by atoms with van der Waals surface area (Å²) in [7, 11) is 0. The van der Waals surface area contributed by atoms with E-state index in [0.717, 1.165) is 26.1 Å². The molecule has 1 aliphatic rings. The smallest absolute Gasteiger partial charge is 0.0738 e. The Kier molecular flexibility index (Phi) is 4.16. The van der Waals surface area contributed by atoms with E-state index in [9.17, 15) is 0 Å². The van der Waals surface area contributed by atoms with Crippen LogP contribution >= 0.6 is 12.4 Å². The van der Waals surface area contributed by atoms with Crippen molar-refractivity contribution in [1.82, 2.24) is 15.1 Å². The fourth-order valence-corrected chi connectivity index (χ4v) is 1.51. The summed E-state index contributed by atoms with van der Waals surface area (Å²) in [6.07, 6.45) is 4.87. The summed E-state index contributed by atoms with van der Waals surface area (Å²) in [6, 6.07) is 0. The molecular formula is C8H15ClN4O. The second-order valence-electron chi connectivity index (χ2n) is 3.27. The van der Waals surface area contributed by atoms with Crippen LogP contribution in [0.4, 0.5) is 0 Å². The lowest BCUT2D eigenvalue weighted by Crippen LogP contribution is -2.39. The number of halogens is 1. The Morgan fingerprint density at radius 2 is 2.36 bits per heavy atom. The highest BCUT2D eigenvalue weighted by Gasteiger charge is 2.15. The molecule has 0 bridgehead atoms. The highest BCUT2D eigenvalue weighted by Crippen LogP contribution is 2.03. The predicted molar refractivity (Wildman–Crippen MR) is 55.3 cm³/mol. The lowest BCUT2D eigenvalue weighted by molar-refractivity contribution is 0.0805. The van der Waals surface area contributed by atoms with Gasteiger partial charge < -0.3 is 4.74 Å². The molecule has 0 aromatic carbocycles. The molecule has 80 valence electrons. The van der Waals surface area contributed by atoms with Crippen molar-refractivity contribution >= 4 is 12.4 Å². The zero-order valence-corrected chi connectivity index (χ0v) is 8.98. The lowest BCUT2D eigenvalue weighted by Gasteiger charge is -2.22. The van der Waals surface area contributed by atoms with E-state index in [1.165, 1.54) is 0 Å². The van der Waals surface area contributed by atoms with E-state index in [1.54, 1.807) is 11.0 Å². The van der Waals surface area contributed by atoms with Gasteiger partial charge in [-0.3, -0.25) is 5.01 Å². The van der Waals surface area contributed by atoms with Crippen molar-refractivity contribution in [3.63, 3.8) is 0 Å². The molecule has 0 saturated carbocycles. The Balaban J connectivity index is 0.000000980. The van der Waals surface area contributed by atoms with Crippen LogP contribution in [0.25, 0.3) is 0 Å². The quantitative estimate of drug-likeness (QED) is 0.687. The molecule has 1 saturated heterocycles. The maximum atomic E-state index is 5.53. The minimum atomic E-state index is 0. The van der Waals surface area contributed by atoms with Crippen LogP contribution in [-0.4, -0.2) is 40.9 Å². The molecule has 0 radical (unpaired) electrons. The summed E-state index contributed by atoms with van der Waals surface area (Å²) in [5.41, 5.74) is 0. The van der Waals surface area contributed by atoms with Gasteiger partial charge in [0.15, 0.2) is 0 Å². The summed E-state index contributed by atoms with van der Waals surface area (Å²) in [5, 5.41) is 9.88. The van der Waals surface area contributed by atoms with E-state index in [4.69, 9.17) is 4.74 Å². The van der Waals surface area contributed by atoms with Crippen LogP contribution in [0.5, 0.6) is 0 Å². The van der Waals surface area contributed by atoms with E-state index in [2.05, 4.69) is 22.2 Å². The molecular weight excluding hydrogens is 204 g/mol. The molecule has 1 atom stereocenters. The third kappa shape index (κ3) is 2.59. The number of hydrogen-bond donors (Lipinski definition) is 0. The normalized spacial score (nSPS) is 22.6. The predicted octanol–water partition coefficient (Wildman–Crippen LogP) is 0.447. The second kappa shape index (κ2) is 5.17. The first-order valence-electron chi connectivity index (χ1n) is 4.59. The number of nitrogens with zero attached hydrogens (tertiary/aromatic N) is 4. The van der Waals surface area contributed by atoms with Gasteiger partial charge in [0.25, 0.3) is 0 Å². The first-order chi connectivity index (χ1) is 6.36. The third-order valence-corrected chi connectivity index (χ3v) is 2.13. The van der Waals surface area contributed by atoms with Crippen molar-refractivity contribution in [1.29, 1.82) is 0 Å². The van der Waals surface area contributed by atoms with E-state index in [0.29, 0.717) is 0 Å². The molecule has 1 unspecified atom stereocenters. The van der Waals surface area contributed by atoms with Gasteiger partial charge in [-0.2, -0.15) is 4.79 Å². The molecule has 1 aliphatic heterocycles. The van der Waals surface area contributed by atoms with Crippen molar-refractivity contribution in [2.24, 2.45) is 0 Å². The molecule has 6 heteroatoms. The van der Waals surface area contributed by atoms with Gasteiger partial charge in [-0.25, -0.2) is 0 Å². The van der Waals surface area contributed by atoms with Crippen LogP contribution in [0, 0.1) is 0 Å². The van der Waals surface area contributed by atoms with Gasteiger partial charge in [0.05, 0.1) is 25.0 Å². The summed E-state index contributed by atoms with van der Waals surface area (Å²) < 4.78 is 5.53. The lowest BCUT2D eigenvalue weighted by atomic mass is 10.4. The maximum Gasteiger partial charge on any atom is 0.0738 e. The molecule has 0 N–H and O–H groups in total. The van der Waals surface area contributed by atoms with Crippen LogP contribution in [0.15, 0.2) is 12.4 Å². The third-order valence-electron chi connectivity index (χ3n) is 2.13. The Labute approximate surface area is 89.4 Å². The molecule has 1 fully saturated rings. The van der Waals surface area contributed by atoms with Gasteiger partial charge in [0.1, 0.15) is 0 Å². The summed E-state index contributed by atoms with van der Waals surface area (Å²) >= 11 is 0. The molecule has 1 aromatic rings. The van der Waals surface area contributed by atoms with Crippen molar-refractivity contribution in [2.45, 2.75) is 19.4 Å². The Morgan fingerprint density at radius 3 is 3.07 bits per heavy atom. The highest BCUT2D eigenvalue weighted by atomic mass is 35.5. The molecule has 1 aromatic heterocycles. The summed E-state index contributed by atoms with van der Waals surface area (Å²) in [6.45, 7) is 4.78. The fourth-order valence-electron chi connectivity index (χ4n) is 1.51. The molecule has 5 nitrogen and oxygen atoms in total. The maximum absolute atomic E-state index is 5.53. The van der Waals surface area contributed by atoms with Crippen molar-refractivity contribution < 1.29 is 4.74 Å². The van der Waals surface area contributed by atoms with E-state index >= 15 is 0 Å². The van der Waals surface area contributed by atoms with Gasteiger partial charge in [0, 0.05) is 13.2 Å². The molecule has 0 amide bonds. The van der Waals surface area contributed by atoms with E-state index < -0.39 is 0 Å². The van der Waals surface area contributed by atoms with Crippen molar-refractivity contribution in [3.8, 4) is 0 Å². The van der Waals surface area contributed by atoms with Gasteiger partial charge in [0.2, 0.25) is 0 Å². The summed E-state index contributed by atoms with van der Waals surface area (Å²) in [5.74, 6) is 0. The zero-order chi connectivity index (χ0) is 9.10. The monoisotopic (exact) mass is 218 g/mol. The average molecular weight is 219 g/mol. The average Bonchev–Trinajstić information content (AvgIpc) is 2.56. The topological polar surface area (TPSA) is 43.2 Å². The molecule has 0 aliphatic carbocycles. The largest absolute Gasteiger partial charge is 0.377 e. The minimum absolute atomic E-state index is 0. The molecule has 2 rings (SSSR count). The second-order valence-corrected chi connectivity index (χ2v) is 3.27. The number of rotatable bonds is 1. The molecule has 2 heterocycles. The van der Waals surface area contributed by atoms with Crippen molar-refractivity contribution in [2.75, 3.05) is 24.7 Å². The van der Waals surface area contributed by atoms with Crippen LogP contribution in [0.1, 0.15) is 13.3 Å². The fraction of sp³-hybridized carbons (Fsp3) is 0.750. The Hall–Kier alpha value is -0.810. The molecule has 0 spiro atoms. The first-order valence-corrected chi connectivity index (χ1v) is 4.59. The Morgan fingerprint density at radius 1 is 1.50 bits per heavy atom. The SMILES string of the molecule is CC1CN(n2ccnn2)CCCO1.Cl. The minimum Gasteiger partial charge on any atom is -0.377 e. The van der Waals surface area contributed by atoms with Gasteiger partial charge in [-0.15, -0.1) is 17.5 Å². The van der Waals surface area contributed by atoms with Crippen molar-refractivity contribution in [3.05, 3.63) is 12.4 Å². The zero-order valence-electron chi connectivity index (χ0n) is 8.17. The van der Waals surface area contributed by atoms with Crippen LogP contribution in [0.2, 0.25) is 0 Å². The first kappa shape index (κ1) is 11.3. The number of ether oxygens (including phenoxy) is 1. The van der Waals surface area contributed by atoms with Crippen LogP contribution in [0.3, 0.4) is 0 Å². The summed E-state index contributed by atoms with van der Waals surface area (Å²) in [4.78, 5) is 1.78. The Bertz CT molecular complexity index is 254. The van der Waals surface area contributed by atoms with Gasteiger partial charge in [-0.05, 0) is 18.6 Å². The van der Waals surface area contributed by atoms with Crippen LogP contribution in [-0.2, 0) is 4.74 Å². The molecule has 14 heavy (non-hydrogen) atoms.